The van der Waals surface area contributed by atoms with Crippen LogP contribution in [-0.4, -0.2) is 38.4 Å². The van der Waals surface area contributed by atoms with Crippen molar-refractivity contribution in [3.05, 3.63) is 29.3 Å². The zero-order valence-corrected chi connectivity index (χ0v) is 15.5. The lowest BCUT2D eigenvalue weighted by molar-refractivity contribution is -0.915. The SMILES string of the molecule is Cc1cc(OCCCC[NH+]2C[C@@H](C)O[C@@H](C)C2)cc(C(C)C)c1. The van der Waals surface area contributed by atoms with Crippen LogP contribution in [0.2, 0.25) is 0 Å². The number of quaternary nitrogens is 1. The van der Waals surface area contributed by atoms with Gasteiger partial charge >= 0.3 is 0 Å². The van der Waals surface area contributed by atoms with Crippen LogP contribution in [0.3, 0.4) is 0 Å². The maximum absolute atomic E-state index is 5.98. The highest BCUT2D eigenvalue weighted by Crippen LogP contribution is 2.22. The second kappa shape index (κ2) is 8.70. The predicted molar refractivity (Wildman–Crippen MR) is 95.6 cm³/mol. The summed E-state index contributed by atoms with van der Waals surface area (Å²) in [5.41, 5.74) is 2.65. The van der Waals surface area contributed by atoms with Crippen LogP contribution < -0.4 is 9.64 Å². The van der Waals surface area contributed by atoms with Gasteiger partial charge in [0.05, 0.1) is 13.2 Å². The van der Waals surface area contributed by atoms with Crippen molar-refractivity contribution in [2.75, 3.05) is 26.2 Å². The molecular formula is C20H34NO2+. The quantitative estimate of drug-likeness (QED) is 0.781. The molecule has 1 aliphatic heterocycles. The van der Waals surface area contributed by atoms with E-state index in [1.165, 1.54) is 24.1 Å². The molecule has 1 N–H and O–H groups in total. The van der Waals surface area contributed by atoms with Crippen LogP contribution in [0.4, 0.5) is 0 Å². The molecule has 3 heteroatoms. The molecule has 130 valence electrons. The molecule has 1 unspecified atom stereocenters. The molecule has 1 aromatic rings. The normalized spacial score (nSPS) is 24.9. The van der Waals surface area contributed by atoms with E-state index >= 15 is 0 Å². The average Bonchev–Trinajstić information content (AvgIpc) is 2.45. The van der Waals surface area contributed by atoms with E-state index < -0.39 is 0 Å². The van der Waals surface area contributed by atoms with Crippen LogP contribution in [0.1, 0.15) is 57.6 Å². The van der Waals surface area contributed by atoms with Crippen LogP contribution in [0.5, 0.6) is 5.75 Å². The standard InChI is InChI=1S/C20H33NO2/c1-15(2)19-10-16(3)11-20(12-19)22-9-7-6-8-21-13-17(4)23-18(5)14-21/h10-12,15,17-18H,6-9,13-14H2,1-5H3/p+1/t17-,18+. The Morgan fingerprint density at radius 1 is 1.13 bits per heavy atom. The number of nitrogens with one attached hydrogen (secondary N) is 1. The summed E-state index contributed by atoms with van der Waals surface area (Å²) >= 11 is 0. The van der Waals surface area contributed by atoms with E-state index in [-0.39, 0.29) is 0 Å². The predicted octanol–water partition coefficient (Wildman–Crippen LogP) is 2.97. The molecule has 3 nitrogen and oxygen atoms in total. The Kier molecular flexibility index (Phi) is 6.91. The third-order valence-corrected chi connectivity index (χ3v) is 4.55. The van der Waals surface area contributed by atoms with Gasteiger partial charge in [0.15, 0.2) is 0 Å². The van der Waals surface area contributed by atoms with Crippen molar-refractivity contribution in [1.29, 1.82) is 0 Å². The molecule has 0 spiro atoms. The van der Waals surface area contributed by atoms with Gasteiger partial charge in [0.1, 0.15) is 31.0 Å². The average molecular weight is 320 g/mol. The molecule has 1 aromatic carbocycles. The molecule has 1 heterocycles. The fourth-order valence-electron chi connectivity index (χ4n) is 3.45. The molecule has 1 aliphatic rings. The second-order valence-corrected chi connectivity index (χ2v) is 7.46. The number of rotatable bonds is 7. The minimum Gasteiger partial charge on any atom is -0.494 e. The van der Waals surface area contributed by atoms with Gasteiger partial charge in [-0.3, -0.25) is 0 Å². The molecule has 23 heavy (non-hydrogen) atoms. The van der Waals surface area contributed by atoms with Crippen molar-refractivity contribution in [3.8, 4) is 5.75 Å². The first-order valence-electron chi connectivity index (χ1n) is 9.17. The Bertz CT molecular complexity index is 477. The van der Waals surface area contributed by atoms with E-state index in [1.807, 2.05) is 0 Å². The first-order chi connectivity index (χ1) is 10.9. The third-order valence-electron chi connectivity index (χ3n) is 4.55. The monoisotopic (exact) mass is 320 g/mol. The fraction of sp³-hybridized carbons (Fsp3) is 0.700. The van der Waals surface area contributed by atoms with Gasteiger partial charge in [-0.25, -0.2) is 0 Å². The maximum Gasteiger partial charge on any atom is 0.119 e. The van der Waals surface area contributed by atoms with Crippen molar-refractivity contribution in [3.63, 3.8) is 0 Å². The van der Waals surface area contributed by atoms with E-state index in [1.54, 1.807) is 4.90 Å². The van der Waals surface area contributed by atoms with Crippen molar-refractivity contribution in [2.24, 2.45) is 0 Å². The summed E-state index contributed by atoms with van der Waals surface area (Å²) in [4.78, 5) is 1.67. The van der Waals surface area contributed by atoms with Crippen molar-refractivity contribution >= 4 is 0 Å². The summed E-state index contributed by atoms with van der Waals surface area (Å²) in [6.07, 6.45) is 3.13. The van der Waals surface area contributed by atoms with Gasteiger partial charge in [-0.2, -0.15) is 0 Å². The van der Waals surface area contributed by atoms with E-state index in [9.17, 15) is 0 Å². The summed E-state index contributed by atoms with van der Waals surface area (Å²) in [6.45, 7) is 15.3. The number of hydrogen-bond donors (Lipinski definition) is 1. The van der Waals surface area contributed by atoms with Crippen LogP contribution >= 0.6 is 0 Å². The molecule has 0 radical (unpaired) electrons. The van der Waals surface area contributed by atoms with Gasteiger partial charge in [-0.15, -0.1) is 0 Å². The number of aryl methyl sites for hydroxylation is 1. The molecule has 3 atom stereocenters. The van der Waals surface area contributed by atoms with Crippen molar-refractivity contribution in [2.45, 2.75) is 65.6 Å². The van der Waals surface area contributed by atoms with Crippen molar-refractivity contribution < 1.29 is 14.4 Å². The van der Waals surface area contributed by atoms with Crippen LogP contribution in [0.25, 0.3) is 0 Å². The van der Waals surface area contributed by atoms with E-state index in [4.69, 9.17) is 9.47 Å². The zero-order chi connectivity index (χ0) is 16.8. The molecule has 0 bridgehead atoms. The minimum atomic E-state index is 0.395. The Morgan fingerprint density at radius 2 is 1.83 bits per heavy atom. The Balaban J connectivity index is 1.69. The highest BCUT2D eigenvalue weighted by atomic mass is 16.5. The third kappa shape index (κ3) is 6.15. The van der Waals surface area contributed by atoms with Gasteiger partial charge in [0, 0.05) is 0 Å². The van der Waals surface area contributed by atoms with E-state index in [0.717, 1.165) is 31.9 Å². The van der Waals surface area contributed by atoms with Crippen LogP contribution in [-0.2, 0) is 4.74 Å². The molecular weight excluding hydrogens is 286 g/mol. The summed E-state index contributed by atoms with van der Waals surface area (Å²) < 4.78 is 11.8. The Labute approximate surface area is 142 Å². The highest BCUT2D eigenvalue weighted by Gasteiger charge is 2.24. The number of hydrogen-bond acceptors (Lipinski definition) is 2. The van der Waals surface area contributed by atoms with Crippen LogP contribution in [0.15, 0.2) is 18.2 Å². The van der Waals surface area contributed by atoms with E-state index in [2.05, 4.69) is 52.8 Å². The zero-order valence-electron chi connectivity index (χ0n) is 15.5. The van der Waals surface area contributed by atoms with Gasteiger partial charge in [0.2, 0.25) is 0 Å². The summed E-state index contributed by atoms with van der Waals surface area (Å²) in [7, 11) is 0. The summed E-state index contributed by atoms with van der Waals surface area (Å²) in [6, 6.07) is 6.58. The van der Waals surface area contributed by atoms with Gasteiger partial charge in [-0.05, 0) is 62.8 Å². The fourth-order valence-corrected chi connectivity index (χ4v) is 3.45. The molecule has 1 saturated heterocycles. The Hall–Kier alpha value is -1.06. The Morgan fingerprint density at radius 3 is 2.48 bits per heavy atom. The lowest BCUT2D eigenvalue weighted by Crippen LogP contribution is -3.15. The molecule has 0 aromatic heterocycles. The van der Waals surface area contributed by atoms with Crippen LogP contribution in [0, 0.1) is 6.92 Å². The lowest BCUT2D eigenvalue weighted by atomic mass is 10.0. The van der Waals surface area contributed by atoms with Gasteiger partial charge < -0.3 is 14.4 Å². The highest BCUT2D eigenvalue weighted by molar-refractivity contribution is 5.35. The first kappa shape index (κ1) is 18.3. The van der Waals surface area contributed by atoms with Gasteiger partial charge in [0.25, 0.3) is 0 Å². The number of benzene rings is 1. The molecule has 0 saturated carbocycles. The topological polar surface area (TPSA) is 22.9 Å². The first-order valence-corrected chi connectivity index (χ1v) is 9.17. The molecule has 0 amide bonds. The molecule has 2 rings (SSSR count). The maximum atomic E-state index is 5.98. The minimum absolute atomic E-state index is 0.395. The largest absolute Gasteiger partial charge is 0.494 e. The number of morpholine rings is 1. The second-order valence-electron chi connectivity index (χ2n) is 7.46. The number of unbranched alkanes of at least 4 members (excludes halogenated alkanes) is 1. The number of ether oxygens (including phenoxy) is 2. The smallest absolute Gasteiger partial charge is 0.119 e. The van der Waals surface area contributed by atoms with Gasteiger partial charge in [-0.1, -0.05) is 19.9 Å². The van der Waals surface area contributed by atoms with E-state index in [0.29, 0.717) is 18.1 Å². The summed E-state index contributed by atoms with van der Waals surface area (Å²) in [5, 5.41) is 0. The summed E-state index contributed by atoms with van der Waals surface area (Å²) in [5.74, 6) is 1.57. The lowest BCUT2D eigenvalue weighted by Gasteiger charge is -2.32. The molecule has 0 aliphatic carbocycles. The van der Waals surface area contributed by atoms with Crippen molar-refractivity contribution in [1.82, 2.24) is 0 Å². The molecule has 1 fully saturated rings.